The van der Waals surface area contributed by atoms with Crippen LogP contribution >= 0.6 is 0 Å². The normalized spacial score (nSPS) is 20.2. The van der Waals surface area contributed by atoms with E-state index in [2.05, 4.69) is 0 Å². The number of imide groups is 1. The van der Waals surface area contributed by atoms with Gasteiger partial charge in [-0.05, 0) is 55.9 Å². The zero-order chi connectivity index (χ0) is 20.5. The number of amides is 2. The van der Waals surface area contributed by atoms with Gasteiger partial charge in [-0.3, -0.25) is 14.5 Å². The van der Waals surface area contributed by atoms with Gasteiger partial charge in [-0.1, -0.05) is 23.8 Å². The molecule has 0 bridgehead atoms. The molecule has 1 N–H and O–H groups in total. The van der Waals surface area contributed by atoms with Crippen molar-refractivity contribution in [2.45, 2.75) is 33.2 Å². The third-order valence-electron chi connectivity index (χ3n) is 5.78. The van der Waals surface area contributed by atoms with E-state index in [1.807, 2.05) is 36.9 Å². The lowest BCUT2D eigenvalue weighted by Crippen LogP contribution is -2.40. The van der Waals surface area contributed by atoms with Crippen LogP contribution in [-0.2, 0) is 16.1 Å². The molecule has 6 nitrogen and oxygen atoms in total. The number of hydrogen-bond donors (Lipinski definition) is 1. The second kappa shape index (κ2) is 7.87. The van der Waals surface area contributed by atoms with Crippen molar-refractivity contribution in [3.05, 3.63) is 64.7 Å². The van der Waals surface area contributed by atoms with Crippen LogP contribution in [0, 0.1) is 19.8 Å². The number of aliphatic hydroxyl groups is 1. The highest BCUT2D eigenvalue weighted by Crippen LogP contribution is 2.36. The Bertz CT molecular complexity index is 961. The number of likely N-dealkylation sites (tertiary alicyclic amines) is 1. The average Bonchev–Trinajstić information content (AvgIpc) is 3.31. The minimum atomic E-state index is -0.292. The maximum absolute atomic E-state index is 13.4. The van der Waals surface area contributed by atoms with Crippen LogP contribution in [0.3, 0.4) is 0 Å². The second-order valence-electron chi connectivity index (χ2n) is 7.95. The van der Waals surface area contributed by atoms with E-state index in [1.54, 1.807) is 12.1 Å². The molecule has 0 saturated carbocycles. The van der Waals surface area contributed by atoms with E-state index in [1.165, 1.54) is 11.2 Å². The number of rotatable bonds is 5. The van der Waals surface area contributed by atoms with E-state index in [0.29, 0.717) is 30.1 Å². The molecule has 1 saturated heterocycles. The van der Waals surface area contributed by atoms with E-state index in [4.69, 9.17) is 4.42 Å². The number of furan rings is 1. The van der Waals surface area contributed by atoms with Crippen LogP contribution in [0.2, 0.25) is 0 Å². The molecule has 1 atom stereocenters. The molecule has 6 heteroatoms. The van der Waals surface area contributed by atoms with Gasteiger partial charge in [-0.25, -0.2) is 0 Å². The van der Waals surface area contributed by atoms with Crippen LogP contribution in [0.1, 0.15) is 35.3 Å². The summed E-state index contributed by atoms with van der Waals surface area (Å²) in [5.74, 6) is 0.0953. The number of carbonyl (C=O) groups is 2. The van der Waals surface area contributed by atoms with Crippen molar-refractivity contribution in [2.75, 3.05) is 19.7 Å². The first-order valence-corrected chi connectivity index (χ1v) is 10.1. The number of aliphatic hydroxyl groups excluding tert-OH is 1. The van der Waals surface area contributed by atoms with Crippen LogP contribution in [0.15, 0.2) is 46.7 Å². The van der Waals surface area contributed by atoms with Crippen molar-refractivity contribution in [3.63, 3.8) is 0 Å². The summed E-state index contributed by atoms with van der Waals surface area (Å²) >= 11 is 0. The summed E-state index contributed by atoms with van der Waals surface area (Å²) in [5.41, 5.74) is 3.77. The van der Waals surface area contributed by atoms with Gasteiger partial charge in [0, 0.05) is 19.7 Å². The fraction of sp³-hybridized carbons (Fsp3) is 0.391. The lowest BCUT2D eigenvalue weighted by atomic mass is 9.95. The maximum atomic E-state index is 13.4. The van der Waals surface area contributed by atoms with Gasteiger partial charge in [-0.15, -0.1) is 0 Å². The smallest absolute Gasteiger partial charge is 0.278 e. The Kier molecular flexibility index (Phi) is 5.28. The molecule has 4 rings (SSSR count). The maximum Gasteiger partial charge on any atom is 0.278 e. The average molecular weight is 394 g/mol. The van der Waals surface area contributed by atoms with Crippen molar-refractivity contribution in [2.24, 2.45) is 5.92 Å². The summed E-state index contributed by atoms with van der Waals surface area (Å²) in [7, 11) is 0. The highest BCUT2D eigenvalue weighted by atomic mass is 16.3. The van der Waals surface area contributed by atoms with Crippen molar-refractivity contribution >= 4 is 17.4 Å². The first-order chi connectivity index (χ1) is 14.0. The van der Waals surface area contributed by atoms with Gasteiger partial charge in [0.1, 0.15) is 11.5 Å². The molecule has 0 spiro atoms. The Hall–Kier alpha value is -2.86. The number of benzene rings is 1. The molecule has 0 radical (unpaired) electrons. The van der Waals surface area contributed by atoms with Crippen LogP contribution in [-0.4, -0.2) is 46.4 Å². The molecule has 3 heterocycles. The topological polar surface area (TPSA) is 74.0 Å². The molecule has 2 aliphatic heterocycles. The third-order valence-corrected chi connectivity index (χ3v) is 5.78. The highest BCUT2D eigenvalue weighted by molar-refractivity contribution is 6.35. The van der Waals surface area contributed by atoms with Gasteiger partial charge in [0.15, 0.2) is 0 Å². The fourth-order valence-corrected chi connectivity index (χ4v) is 4.31. The molecule has 29 heavy (non-hydrogen) atoms. The number of hydrogen-bond acceptors (Lipinski definition) is 5. The second-order valence-corrected chi connectivity index (χ2v) is 7.95. The van der Waals surface area contributed by atoms with Gasteiger partial charge in [0.25, 0.3) is 11.8 Å². The van der Waals surface area contributed by atoms with E-state index in [9.17, 15) is 14.7 Å². The molecule has 1 aromatic heterocycles. The predicted octanol–water partition coefficient (Wildman–Crippen LogP) is 2.88. The van der Waals surface area contributed by atoms with Crippen molar-refractivity contribution in [1.29, 1.82) is 0 Å². The summed E-state index contributed by atoms with van der Waals surface area (Å²) in [6, 6.07) is 9.43. The minimum Gasteiger partial charge on any atom is -0.467 e. The first kappa shape index (κ1) is 19.5. The van der Waals surface area contributed by atoms with Gasteiger partial charge in [0.05, 0.1) is 18.4 Å². The lowest BCUT2D eigenvalue weighted by molar-refractivity contribution is -0.138. The Morgan fingerprint density at radius 1 is 1.17 bits per heavy atom. The summed E-state index contributed by atoms with van der Waals surface area (Å²) in [5, 5.41) is 9.63. The van der Waals surface area contributed by atoms with E-state index >= 15 is 0 Å². The molecule has 0 aliphatic carbocycles. The molecule has 2 aromatic rings. The molecule has 1 unspecified atom stereocenters. The highest BCUT2D eigenvalue weighted by Gasteiger charge is 2.43. The summed E-state index contributed by atoms with van der Waals surface area (Å²) < 4.78 is 5.38. The predicted molar refractivity (Wildman–Crippen MR) is 108 cm³/mol. The van der Waals surface area contributed by atoms with Crippen LogP contribution in [0.5, 0.6) is 0 Å². The Labute approximate surface area is 170 Å². The van der Waals surface area contributed by atoms with E-state index in [0.717, 1.165) is 29.5 Å². The molecule has 152 valence electrons. The fourth-order valence-electron chi connectivity index (χ4n) is 4.31. The zero-order valence-electron chi connectivity index (χ0n) is 16.9. The molecule has 1 fully saturated rings. The number of aryl methyl sites for hydroxylation is 2. The molecular formula is C23H26N2O4. The molecule has 1 aromatic carbocycles. The van der Waals surface area contributed by atoms with Crippen molar-refractivity contribution < 1.29 is 19.1 Å². The summed E-state index contributed by atoms with van der Waals surface area (Å²) in [6.45, 7) is 5.45. The SMILES string of the molecule is Cc1ccc(C2=C(N3CCCC(CO)C3)C(=O)N(Cc3ccco3)C2=O)c(C)c1. The molecular weight excluding hydrogens is 368 g/mol. The Morgan fingerprint density at radius 2 is 2.00 bits per heavy atom. The van der Waals surface area contributed by atoms with Gasteiger partial charge in [0.2, 0.25) is 0 Å². The van der Waals surface area contributed by atoms with Crippen LogP contribution < -0.4 is 0 Å². The van der Waals surface area contributed by atoms with Crippen LogP contribution in [0.4, 0.5) is 0 Å². The number of piperidine rings is 1. The Morgan fingerprint density at radius 3 is 2.69 bits per heavy atom. The zero-order valence-corrected chi connectivity index (χ0v) is 16.9. The third kappa shape index (κ3) is 3.60. The molecule has 2 aliphatic rings. The minimum absolute atomic E-state index is 0.0842. The summed E-state index contributed by atoms with van der Waals surface area (Å²) in [4.78, 5) is 30.1. The van der Waals surface area contributed by atoms with Gasteiger partial charge < -0.3 is 14.4 Å². The summed E-state index contributed by atoms with van der Waals surface area (Å²) in [6.07, 6.45) is 3.35. The number of carbonyl (C=O) groups excluding carboxylic acids is 2. The Balaban J connectivity index is 1.78. The molecule has 2 amide bonds. The van der Waals surface area contributed by atoms with Crippen LogP contribution in [0.25, 0.3) is 5.57 Å². The van der Waals surface area contributed by atoms with Gasteiger partial charge in [-0.2, -0.15) is 0 Å². The van der Waals surface area contributed by atoms with Crippen molar-refractivity contribution in [1.82, 2.24) is 9.80 Å². The number of nitrogens with zero attached hydrogens (tertiary/aromatic N) is 2. The van der Waals surface area contributed by atoms with Gasteiger partial charge >= 0.3 is 0 Å². The quantitative estimate of drug-likeness (QED) is 0.790. The monoisotopic (exact) mass is 394 g/mol. The van der Waals surface area contributed by atoms with E-state index < -0.39 is 0 Å². The largest absolute Gasteiger partial charge is 0.467 e. The van der Waals surface area contributed by atoms with E-state index in [-0.39, 0.29) is 30.9 Å². The van der Waals surface area contributed by atoms with Crippen molar-refractivity contribution in [3.8, 4) is 0 Å². The first-order valence-electron chi connectivity index (χ1n) is 10.1. The lowest BCUT2D eigenvalue weighted by Gasteiger charge is -2.34. The standard InChI is InChI=1S/C23H26N2O4/c1-15-7-8-19(16(2)11-15)20-21(24-9-3-5-17(12-24)14-26)23(28)25(22(20)27)13-18-6-4-10-29-18/h4,6-8,10-11,17,26H,3,5,9,12-14H2,1-2H3.